The third-order valence-electron chi connectivity index (χ3n) is 3.70. The Morgan fingerprint density at radius 2 is 2.00 bits per heavy atom. The van der Waals surface area contributed by atoms with E-state index in [2.05, 4.69) is 33.9 Å². The molecule has 1 aliphatic carbocycles. The number of hydrogen-bond acceptors (Lipinski definition) is 2. The van der Waals surface area contributed by atoms with E-state index in [-0.39, 0.29) is 6.61 Å². The van der Waals surface area contributed by atoms with Crippen molar-refractivity contribution in [1.29, 1.82) is 0 Å². The SMILES string of the molecule is CN(c1ccc(CO)cc1Br)C1CCCCC1. The van der Waals surface area contributed by atoms with E-state index < -0.39 is 0 Å². The normalized spacial score (nSPS) is 17.1. The van der Waals surface area contributed by atoms with Gasteiger partial charge in [-0.25, -0.2) is 0 Å². The van der Waals surface area contributed by atoms with Gasteiger partial charge in [0, 0.05) is 17.6 Å². The molecular formula is C14H20BrNO. The minimum absolute atomic E-state index is 0.103. The highest BCUT2D eigenvalue weighted by molar-refractivity contribution is 9.10. The number of benzene rings is 1. The highest BCUT2D eigenvalue weighted by atomic mass is 79.9. The van der Waals surface area contributed by atoms with Gasteiger partial charge in [0.05, 0.1) is 12.3 Å². The maximum absolute atomic E-state index is 9.11. The Balaban J connectivity index is 2.15. The number of aliphatic hydroxyl groups is 1. The van der Waals surface area contributed by atoms with Crippen LogP contribution < -0.4 is 4.90 Å². The van der Waals surface area contributed by atoms with Crippen LogP contribution in [0.15, 0.2) is 22.7 Å². The maximum atomic E-state index is 9.11. The molecule has 0 atom stereocenters. The zero-order chi connectivity index (χ0) is 12.3. The van der Waals surface area contributed by atoms with E-state index in [1.807, 2.05) is 12.1 Å². The van der Waals surface area contributed by atoms with Crippen molar-refractivity contribution in [2.45, 2.75) is 44.8 Å². The summed E-state index contributed by atoms with van der Waals surface area (Å²) in [4.78, 5) is 2.38. The molecule has 1 fully saturated rings. The molecule has 0 heterocycles. The molecule has 1 saturated carbocycles. The molecule has 0 unspecified atom stereocenters. The highest BCUT2D eigenvalue weighted by Crippen LogP contribution is 2.31. The van der Waals surface area contributed by atoms with E-state index in [4.69, 9.17) is 5.11 Å². The Bertz CT molecular complexity index is 374. The van der Waals surface area contributed by atoms with E-state index in [1.165, 1.54) is 37.8 Å². The number of nitrogens with zero attached hydrogens (tertiary/aromatic N) is 1. The van der Waals surface area contributed by atoms with Crippen LogP contribution in [-0.2, 0) is 6.61 Å². The first-order valence-corrected chi connectivity index (χ1v) is 7.14. The number of rotatable bonds is 3. The van der Waals surface area contributed by atoms with Gasteiger partial charge in [0.25, 0.3) is 0 Å². The van der Waals surface area contributed by atoms with Crippen molar-refractivity contribution in [3.05, 3.63) is 28.2 Å². The molecule has 0 bridgehead atoms. The number of aliphatic hydroxyl groups excluding tert-OH is 1. The zero-order valence-electron chi connectivity index (χ0n) is 10.3. The van der Waals surface area contributed by atoms with Crippen LogP contribution in [0, 0.1) is 0 Å². The second-order valence-corrected chi connectivity index (χ2v) is 5.70. The van der Waals surface area contributed by atoms with Gasteiger partial charge in [-0.2, -0.15) is 0 Å². The van der Waals surface area contributed by atoms with Crippen LogP contribution in [0.25, 0.3) is 0 Å². The van der Waals surface area contributed by atoms with Gasteiger partial charge in [-0.15, -0.1) is 0 Å². The Labute approximate surface area is 112 Å². The van der Waals surface area contributed by atoms with Crippen molar-refractivity contribution in [2.75, 3.05) is 11.9 Å². The average molecular weight is 298 g/mol. The average Bonchev–Trinajstić information content (AvgIpc) is 2.39. The summed E-state index contributed by atoms with van der Waals surface area (Å²) in [6.07, 6.45) is 6.67. The van der Waals surface area contributed by atoms with E-state index >= 15 is 0 Å². The summed E-state index contributed by atoms with van der Waals surface area (Å²) >= 11 is 3.60. The summed E-state index contributed by atoms with van der Waals surface area (Å²) < 4.78 is 1.08. The molecule has 1 N–H and O–H groups in total. The van der Waals surface area contributed by atoms with Gasteiger partial charge in [0.15, 0.2) is 0 Å². The quantitative estimate of drug-likeness (QED) is 0.919. The minimum Gasteiger partial charge on any atom is -0.392 e. The lowest BCUT2D eigenvalue weighted by Gasteiger charge is -2.33. The molecule has 1 aromatic carbocycles. The standard InChI is InChI=1S/C14H20BrNO/c1-16(12-5-3-2-4-6-12)14-8-7-11(10-17)9-13(14)15/h7-9,12,17H,2-6,10H2,1H3. The number of hydrogen-bond donors (Lipinski definition) is 1. The van der Waals surface area contributed by atoms with Gasteiger partial charge in [-0.05, 0) is 46.5 Å². The molecule has 0 aromatic heterocycles. The first-order chi connectivity index (χ1) is 8.22. The van der Waals surface area contributed by atoms with Crippen molar-refractivity contribution >= 4 is 21.6 Å². The Morgan fingerprint density at radius 1 is 1.29 bits per heavy atom. The summed E-state index contributed by atoms with van der Waals surface area (Å²) in [5.74, 6) is 0. The Kier molecular flexibility index (Phi) is 4.46. The van der Waals surface area contributed by atoms with E-state index in [0.29, 0.717) is 6.04 Å². The van der Waals surface area contributed by atoms with Gasteiger partial charge in [-0.3, -0.25) is 0 Å². The third-order valence-corrected chi connectivity index (χ3v) is 4.33. The topological polar surface area (TPSA) is 23.5 Å². The summed E-state index contributed by atoms with van der Waals surface area (Å²) in [6.45, 7) is 0.103. The Morgan fingerprint density at radius 3 is 2.59 bits per heavy atom. The van der Waals surface area contributed by atoms with Gasteiger partial charge in [0.2, 0.25) is 0 Å². The van der Waals surface area contributed by atoms with Crippen LogP contribution in [0.5, 0.6) is 0 Å². The van der Waals surface area contributed by atoms with Gasteiger partial charge < -0.3 is 10.0 Å². The fourth-order valence-electron chi connectivity index (χ4n) is 2.60. The fourth-order valence-corrected chi connectivity index (χ4v) is 3.31. The molecule has 0 saturated heterocycles. The number of halogens is 1. The second-order valence-electron chi connectivity index (χ2n) is 4.85. The second kappa shape index (κ2) is 5.87. The van der Waals surface area contributed by atoms with Crippen molar-refractivity contribution in [1.82, 2.24) is 0 Å². The van der Waals surface area contributed by atoms with Crippen LogP contribution in [-0.4, -0.2) is 18.2 Å². The molecule has 3 heteroatoms. The molecule has 0 aliphatic heterocycles. The molecule has 1 aromatic rings. The van der Waals surface area contributed by atoms with Crippen LogP contribution in [0.4, 0.5) is 5.69 Å². The zero-order valence-corrected chi connectivity index (χ0v) is 11.9. The molecule has 2 nitrogen and oxygen atoms in total. The van der Waals surface area contributed by atoms with Crippen LogP contribution in [0.1, 0.15) is 37.7 Å². The predicted molar refractivity (Wildman–Crippen MR) is 75.3 cm³/mol. The Hall–Kier alpha value is -0.540. The lowest BCUT2D eigenvalue weighted by atomic mass is 9.94. The molecule has 0 amide bonds. The monoisotopic (exact) mass is 297 g/mol. The minimum atomic E-state index is 0.103. The first kappa shape index (κ1) is 12.9. The largest absolute Gasteiger partial charge is 0.392 e. The lowest BCUT2D eigenvalue weighted by molar-refractivity contribution is 0.282. The summed E-state index contributed by atoms with van der Waals surface area (Å²) in [6, 6.07) is 6.78. The summed E-state index contributed by atoms with van der Waals surface area (Å²) in [5, 5.41) is 9.11. The smallest absolute Gasteiger partial charge is 0.0682 e. The molecule has 2 rings (SSSR count). The van der Waals surface area contributed by atoms with Crippen molar-refractivity contribution in [3.8, 4) is 0 Å². The maximum Gasteiger partial charge on any atom is 0.0682 e. The van der Waals surface area contributed by atoms with Gasteiger partial charge in [0.1, 0.15) is 0 Å². The molecule has 0 spiro atoms. The van der Waals surface area contributed by atoms with Crippen molar-refractivity contribution in [2.24, 2.45) is 0 Å². The number of anilines is 1. The predicted octanol–water partition coefficient (Wildman–Crippen LogP) is 3.71. The van der Waals surface area contributed by atoms with Crippen LogP contribution >= 0.6 is 15.9 Å². The molecule has 94 valence electrons. The highest BCUT2D eigenvalue weighted by Gasteiger charge is 2.19. The molecule has 1 aliphatic rings. The molecule has 17 heavy (non-hydrogen) atoms. The fraction of sp³-hybridized carbons (Fsp3) is 0.571. The third kappa shape index (κ3) is 3.02. The van der Waals surface area contributed by atoms with E-state index in [9.17, 15) is 0 Å². The summed E-state index contributed by atoms with van der Waals surface area (Å²) in [7, 11) is 2.18. The summed E-state index contributed by atoms with van der Waals surface area (Å²) in [5.41, 5.74) is 2.19. The first-order valence-electron chi connectivity index (χ1n) is 6.34. The lowest BCUT2D eigenvalue weighted by Crippen LogP contribution is -2.33. The van der Waals surface area contributed by atoms with Crippen LogP contribution in [0.2, 0.25) is 0 Å². The van der Waals surface area contributed by atoms with Crippen molar-refractivity contribution in [3.63, 3.8) is 0 Å². The van der Waals surface area contributed by atoms with Crippen LogP contribution in [0.3, 0.4) is 0 Å². The van der Waals surface area contributed by atoms with E-state index in [1.54, 1.807) is 0 Å². The van der Waals surface area contributed by atoms with E-state index in [0.717, 1.165) is 10.0 Å². The van der Waals surface area contributed by atoms with Gasteiger partial charge >= 0.3 is 0 Å². The van der Waals surface area contributed by atoms with Crippen molar-refractivity contribution < 1.29 is 5.11 Å². The molecular weight excluding hydrogens is 278 g/mol. The van der Waals surface area contributed by atoms with Gasteiger partial charge in [-0.1, -0.05) is 25.3 Å². The molecule has 0 radical (unpaired) electrons.